The maximum absolute atomic E-state index is 6.15. The first-order chi connectivity index (χ1) is 9.24. The van der Waals surface area contributed by atoms with E-state index in [0.717, 1.165) is 11.3 Å². The minimum absolute atomic E-state index is 0.344. The molecule has 0 amide bonds. The smallest absolute Gasteiger partial charge is 0.239 e. The second kappa shape index (κ2) is 6.21. The maximum atomic E-state index is 6.15. The number of ether oxygens (including phenoxy) is 1. The van der Waals surface area contributed by atoms with Crippen LogP contribution in [0.4, 0.5) is 11.8 Å². The molecule has 0 aliphatic heterocycles. The number of benzene rings is 1. The number of halogens is 1. The SMILES string of the molecule is COc1cccc(Cl)c1CNc1ccnc(NN)n1. The lowest BCUT2D eigenvalue weighted by molar-refractivity contribution is 0.410. The fourth-order valence-corrected chi connectivity index (χ4v) is 1.84. The molecule has 7 heteroatoms. The number of nitrogen functional groups attached to an aromatic ring is 1. The first kappa shape index (κ1) is 13.4. The molecule has 2 aromatic rings. The number of hydrogen-bond donors (Lipinski definition) is 3. The molecule has 6 nitrogen and oxygen atoms in total. The molecule has 1 heterocycles. The summed E-state index contributed by atoms with van der Waals surface area (Å²) in [6.45, 7) is 0.490. The van der Waals surface area contributed by atoms with E-state index in [4.69, 9.17) is 22.2 Å². The average Bonchev–Trinajstić information content (AvgIpc) is 2.46. The largest absolute Gasteiger partial charge is 0.496 e. The van der Waals surface area contributed by atoms with E-state index in [0.29, 0.717) is 23.3 Å². The molecule has 0 bridgehead atoms. The van der Waals surface area contributed by atoms with Gasteiger partial charge in [0.05, 0.1) is 7.11 Å². The number of anilines is 2. The Kier molecular flexibility index (Phi) is 4.38. The van der Waals surface area contributed by atoms with Gasteiger partial charge in [0, 0.05) is 23.3 Å². The molecule has 0 saturated carbocycles. The molecule has 0 atom stereocenters. The number of nitrogens with zero attached hydrogens (tertiary/aromatic N) is 2. The van der Waals surface area contributed by atoms with Crippen molar-refractivity contribution < 1.29 is 4.74 Å². The van der Waals surface area contributed by atoms with Crippen LogP contribution in [0.2, 0.25) is 5.02 Å². The van der Waals surface area contributed by atoms with Crippen LogP contribution in [0.25, 0.3) is 0 Å². The van der Waals surface area contributed by atoms with Crippen LogP contribution < -0.4 is 21.3 Å². The van der Waals surface area contributed by atoms with E-state index in [1.54, 1.807) is 19.4 Å². The Morgan fingerprint density at radius 1 is 1.37 bits per heavy atom. The summed E-state index contributed by atoms with van der Waals surface area (Å²) in [6, 6.07) is 7.25. The van der Waals surface area contributed by atoms with Crippen molar-refractivity contribution in [1.82, 2.24) is 9.97 Å². The van der Waals surface area contributed by atoms with Crippen molar-refractivity contribution in [3.8, 4) is 5.75 Å². The molecule has 0 fully saturated rings. The number of nitrogens with one attached hydrogen (secondary N) is 2. The molecular weight excluding hydrogens is 266 g/mol. The first-order valence-electron chi connectivity index (χ1n) is 5.59. The lowest BCUT2D eigenvalue weighted by atomic mass is 10.2. The van der Waals surface area contributed by atoms with Gasteiger partial charge in [-0.15, -0.1) is 0 Å². The van der Waals surface area contributed by atoms with Crippen LogP contribution in [0.3, 0.4) is 0 Å². The summed E-state index contributed by atoms with van der Waals surface area (Å²) in [6.07, 6.45) is 1.61. The molecule has 0 radical (unpaired) electrons. The third-order valence-corrected chi connectivity index (χ3v) is 2.88. The quantitative estimate of drug-likeness (QED) is 0.574. The fraction of sp³-hybridized carbons (Fsp3) is 0.167. The van der Waals surface area contributed by atoms with Crippen LogP contribution >= 0.6 is 11.6 Å². The summed E-state index contributed by atoms with van der Waals surface area (Å²) in [4.78, 5) is 8.08. The van der Waals surface area contributed by atoms with Crippen LogP contribution in [0.1, 0.15) is 5.56 Å². The van der Waals surface area contributed by atoms with Gasteiger partial charge < -0.3 is 10.1 Å². The zero-order chi connectivity index (χ0) is 13.7. The molecule has 19 heavy (non-hydrogen) atoms. The molecule has 0 spiro atoms. The third kappa shape index (κ3) is 3.24. The lowest BCUT2D eigenvalue weighted by Crippen LogP contribution is -2.11. The molecule has 4 N–H and O–H groups in total. The first-order valence-corrected chi connectivity index (χ1v) is 5.97. The standard InChI is InChI=1S/C12H14ClN5O/c1-19-10-4-2-3-9(13)8(10)7-16-11-5-6-15-12(17-11)18-14/h2-6H,7,14H2,1H3,(H2,15,16,17,18). The van der Waals surface area contributed by atoms with E-state index < -0.39 is 0 Å². The van der Waals surface area contributed by atoms with Crippen LogP contribution in [0.5, 0.6) is 5.75 Å². The number of rotatable bonds is 5. The molecule has 0 aliphatic rings. The summed E-state index contributed by atoms with van der Waals surface area (Å²) in [7, 11) is 1.61. The van der Waals surface area contributed by atoms with Gasteiger partial charge in [0.25, 0.3) is 0 Å². The van der Waals surface area contributed by atoms with E-state index in [2.05, 4.69) is 20.7 Å². The number of methoxy groups -OCH3 is 1. The highest BCUT2D eigenvalue weighted by molar-refractivity contribution is 6.31. The van der Waals surface area contributed by atoms with Crippen molar-refractivity contribution in [1.29, 1.82) is 0 Å². The molecule has 100 valence electrons. The summed E-state index contributed by atoms with van der Waals surface area (Å²) in [5, 5.41) is 3.78. The summed E-state index contributed by atoms with van der Waals surface area (Å²) in [5.74, 6) is 6.97. The maximum Gasteiger partial charge on any atom is 0.239 e. The number of hydrazine groups is 1. The highest BCUT2D eigenvalue weighted by Gasteiger charge is 2.07. The van der Waals surface area contributed by atoms with E-state index >= 15 is 0 Å². The minimum Gasteiger partial charge on any atom is -0.496 e. The summed E-state index contributed by atoms with van der Waals surface area (Å²) >= 11 is 6.15. The predicted octanol–water partition coefficient (Wildman–Crippen LogP) is 2.04. The Balaban J connectivity index is 2.14. The molecule has 0 unspecified atom stereocenters. The van der Waals surface area contributed by atoms with Gasteiger partial charge in [-0.3, -0.25) is 5.43 Å². The summed E-state index contributed by atoms with van der Waals surface area (Å²) < 4.78 is 5.27. The average molecular weight is 280 g/mol. The van der Waals surface area contributed by atoms with Gasteiger partial charge in [-0.25, -0.2) is 10.8 Å². The Labute approximate surface area is 115 Å². The van der Waals surface area contributed by atoms with Crippen LogP contribution in [-0.2, 0) is 6.54 Å². The third-order valence-electron chi connectivity index (χ3n) is 2.53. The van der Waals surface area contributed by atoms with Crippen molar-refractivity contribution in [2.24, 2.45) is 5.84 Å². The van der Waals surface area contributed by atoms with E-state index in [9.17, 15) is 0 Å². The Bertz CT molecular complexity index is 564. The molecule has 2 rings (SSSR count). The zero-order valence-corrected chi connectivity index (χ0v) is 11.1. The minimum atomic E-state index is 0.344. The van der Waals surface area contributed by atoms with Crippen molar-refractivity contribution >= 4 is 23.4 Å². The molecule has 1 aromatic carbocycles. The van der Waals surface area contributed by atoms with Gasteiger partial charge in [0.15, 0.2) is 0 Å². The van der Waals surface area contributed by atoms with Gasteiger partial charge in [-0.05, 0) is 18.2 Å². The van der Waals surface area contributed by atoms with Crippen LogP contribution in [-0.4, -0.2) is 17.1 Å². The van der Waals surface area contributed by atoms with Crippen LogP contribution in [0.15, 0.2) is 30.5 Å². The number of hydrogen-bond acceptors (Lipinski definition) is 6. The van der Waals surface area contributed by atoms with Crippen LogP contribution in [0, 0.1) is 0 Å². The Morgan fingerprint density at radius 3 is 2.95 bits per heavy atom. The zero-order valence-electron chi connectivity index (χ0n) is 10.4. The summed E-state index contributed by atoms with van der Waals surface area (Å²) in [5.41, 5.74) is 3.25. The van der Waals surface area contributed by atoms with Crippen molar-refractivity contribution in [3.05, 3.63) is 41.0 Å². The molecule has 1 aromatic heterocycles. The topological polar surface area (TPSA) is 85.1 Å². The van der Waals surface area contributed by atoms with Crippen molar-refractivity contribution in [3.63, 3.8) is 0 Å². The predicted molar refractivity (Wildman–Crippen MR) is 75.2 cm³/mol. The van der Waals surface area contributed by atoms with E-state index in [-0.39, 0.29) is 0 Å². The molecule has 0 saturated heterocycles. The Hall–Kier alpha value is -2.05. The highest BCUT2D eigenvalue weighted by Crippen LogP contribution is 2.26. The van der Waals surface area contributed by atoms with Crippen molar-refractivity contribution in [2.45, 2.75) is 6.54 Å². The molecule has 0 aliphatic carbocycles. The lowest BCUT2D eigenvalue weighted by Gasteiger charge is -2.12. The van der Waals surface area contributed by atoms with E-state index in [1.165, 1.54) is 0 Å². The number of aromatic nitrogens is 2. The fourth-order valence-electron chi connectivity index (χ4n) is 1.61. The van der Waals surface area contributed by atoms with Crippen molar-refractivity contribution in [2.75, 3.05) is 17.9 Å². The normalized spacial score (nSPS) is 10.1. The van der Waals surface area contributed by atoms with Gasteiger partial charge in [0.2, 0.25) is 5.95 Å². The second-order valence-corrected chi connectivity index (χ2v) is 4.09. The second-order valence-electron chi connectivity index (χ2n) is 3.68. The Morgan fingerprint density at radius 2 is 2.21 bits per heavy atom. The highest BCUT2D eigenvalue weighted by atomic mass is 35.5. The number of nitrogens with two attached hydrogens (primary N) is 1. The monoisotopic (exact) mass is 279 g/mol. The van der Waals surface area contributed by atoms with Gasteiger partial charge in [-0.1, -0.05) is 17.7 Å². The van der Waals surface area contributed by atoms with Gasteiger partial charge in [0.1, 0.15) is 11.6 Å². The van der Waals surface area contributed by atoms with E-state index in [1.807, 2.05) is 18.2 Å². The van der Waals surface area contributed by atoms with Gasteiger partial charge in [-0.2, -0.15) is 4.98 Å². The van der Waals surface area contributed by atoms with Gasteiger partial charge >= 0.3 is 0 Å². The molecular formula is C12H14ClN5O.